The molecule has 2 N–H and O–H groups in total. The lowest BCUT2D eigenvalue weighted by Crippen LogP contribution is -2.32. The summed E-state index contributed by atoms with van der Waals surface area (Å²) < 4.78 is 0. The van der Waals surface area contributed by atoms with Gasteiger partial charge in [0, 0.05) is 24.3 Å². The van der Waals surface area contributed by atoms with Gasteiger partial charge in [0.2, 0.25) is 11.8 Å². The maximum Gasteiger partial charge on any atom is 0.238 e. The zero-order valence-corrected chi connectivity index (χ0v) is 14.1. The lowest BCUT2D eigenvalue weighted by atomic mass is 10.2. The number of amides is 2. The summed E-state index contributed by atoms with van der Waals surface area (Å²) in [7, 11) is 1.82. The minimum absolute atomic E-state index is 0.0630. The Hall–Kier alpha value is -2.66. The van der Waals surface area contributed by atoms with Crippen molar-refractivity contribution in [2.24, 2.45) is 0 Å². The number of benzene rings is 2. The van der Waals surface area contributed by atoms with Crippen LogP contribution in [0.3, 0.4) is 0 Å². The average Bonchev–Trinajstić information content (AvgIpc) is 2.56. The third-order valence-corrected chi connectivity index (χ3v) is 3.53. The molecule has 0 heterocycles. The van der Waals surface area contributed by atoms with Gasteiger partial charge < -0.3 is 10.6 Å². The van der Waals surface area contributed by atoms with Crippen LogP contribution < -0.4 is 10.6 Å². The number of rotatable bonds is 7. The fourth-order valence-electron chi connectivity index (χ4n) is 2.20. The maximum absolute atomic E-state index is 12.0. The molecule has 126 valence electrons. The monoisotopic (exact) mass is 325 g/mol. The molecule has 0 aliphatic rings. The lowest BCUT2D eigenvalue weighted by molar-refractivity contribution is -0.119. The van der Waals surface area contributed by atoms with Gasteiger partial charge in [0.15, 0.2) is 0 Å². The summed E-state index contributed by atoms with van der Waals surface area (Å²) in [5, 5.41) is 5.68. The number of carbonyl (C=O) groups is 2. The van der Waals surface area contributed by atoms with E-state index in [9.17, 15) is 9.59 Å². The summed E-state index contributed by atoms with van der Waals surface area (Å²) in [6, 6.07) is 17.0. The number of hydrogen-bond acceptors (Lipinski definition) is 3. The molecule has 5 nitrogen and oxygen atoms in total. The Morgan fingerprint density at radius 1 is 0.875 bits per heavy atom. The molecule has 0 fully saturated rings. The molecule has 0 atom stereocenters. The van der Waals surface area contributed by atoms with Crippen LogP contribution in [-0.2, 0) is 9.59 Å². The van der Waals surface area contributed by atoms with Gasteiger partial charge in [-0.1, -0.05) is 35.9 Å². The van der Waals surface area contributed by atoms with Crippen LogP contribution in [0.4, 0.5) is 11.4 Å². The van der Waals surface area contributed by atoms with E-state index in [2.05, 4.69) is 10.6 Å². The van der Waals surface area contributed by atoms with Crippen LogP contribution in [0.2, 0.25) is 0 Å². The summed E-state index contributed by atoms with van der Waals surface area (Å²) in [5.41, 5.74) is 2.71. The highest BCUT2D eigenvalue weighted by Crippen LogP contribution is 2.08. The van der Waals surface area contributed by atoms with Crippen LogP contribution >= 0.6 is 0 Å². The van der Waals surface area contributed by atoms with Gasteiger partial charge in [0.05, 0.1) is 6.54 Å². The van der Waals surface area contributed by atoms with Crippen molar-refractivity contribution in [3.05, 3.63) is 60.2 Å². The third kappa shape index (κ3) is 6.22. The maximum atomic E-state index is 12.0. The van der Waals surface area contributed by atoms with Gasteiger partial charge >= 0.3 is 0 Å². The van der Waals surface area contributed by atoms with Crippen LogP contribution in [0.15, 0.2) is 54.6 Å². The van der Waals surface area contributed by atoms with Gasteiger partial charge in [-0.25, -0.2) is 0 Å². The number of carbonyl (C=O) groups excluding carboxylic acids is 2. The summed E-state index contributed by atoms with van der Waals surface area (Å²) in [4.78, 5) is 25.7. The van der Waals surface area contributed by atoms with Gasteiger partial charge in [0.25, 0.3) is 0 Å². The van der Waals surface area contributed by atoms with E-state index >= 15 is 0 Å². The van der Waals surface area contributed by atoms with E-state index in [0.29, 0.717) is 13.0 Å². The van der Waals surface area contributed by atoms with E-state index in [1.165, 1.54) is 0 Å². The van der Waals surface area contributed by atoms with E-state index in [0.717, 1.165) is 16.9 Å². The quantitative estimate of drug-likeness (QED) is 0.823. The fraction of sp³-hybridized carbons (Fsp3) is 0.263. The minimum Gasteiger partial charge on any atom is -0.326 e. The Labute approximate surface area is 142 Å². The zero-order chi connectivity index (χ0) is 17.4. The Morgan fingerprint density at radius 3 is 2.12 bits per heavy atom. The normalized spacial score (nSPS) is 10.5. The van der Waals surface area contributed by atoms with Crippen LogP contribution in [0.5, 0.6) is 0 Å². The Bertz CT molecular complexity index is 669. The second-order valence-electron chi connectivity index (χ2n) is 5.82. The SMILES string of the molecule is Cc1ccc(NC(=O)CN(C)CCC(=O)Nc2ccccc2)cc1. The van der Waals surface area contributed by atoms with Gasteiger partial charge in [-0.15, -0.1) is 0 Å². The topological polar surface area (TPSA) is 61.4 Å². The molecule has 0 bridgehead atoms. The van der Waals surface area contributed by atoms with Gasteiger partial charge in [-0.05, 0) is 38.2 Å². The summed E-state index contributed by atoms with van der Waals surface area (Å²) in [5.74, 6) is -0.156. The number of nitrogens with one attached hydrogen (secondary N) is 2. The standard InChI is InChI=1S/C19H23N3O2/c1-15-8-10-17(11-9-15)21-19(24)14-22(2)13-12-18(23)20-16-6-4-3-5-7-16/h3-11H,12-14H2,1-2H3,(H,20,23)(H,21,24). The van der Waals surface area contributed by atoms with Crippen molar-refractivity contribution in [3.63, 3.8) is 0 Å². The summed E-state index contributed by atoms with van der Waals surface area (Å²) in [6.07, 6.45) is 0.337. The predicted octanol–water partition coefficient (Wildman–Crippen LogP) is 2.89. The second kappa shape index (κ2) is 8.84. The lowest BCUT2D eigenvalue weighted by Gasteiger charge is -2.16. The van der Waals surface area contributed by atoms with Crippen LogP contribution in [0.25, 0.3) is 0 Å². The molecular weight excluding hydrogens is 302 g/mol. The molecule has 5 heteroatoms. The molecule has 0 saturated carbocycles. The molecule has 2 aromatic rings. The van der Waals surface area contributed by atoms with E-state index in [4.69, 9.17) is 0 Å². The molecule has 0 unspecified atom stereocenters. The Morgan fingerprint density at radius 2 is 1.46 bits per heavy atom. The molecule has 0 radical (unpaired) electrons. The highest BCUT2D eigenvalue weighted by Gasteiger charge is 2.09. The average molecular weight is 325 g/mol. The first kappa shape index (κ1) is 17.7. The van der Waals surface area contributed by atoms with Crippen molar-refractivity contribution < 1.29 is 9.59 Å². The molecule has 2 rings (SSSR count). The van der Waals surface area contributed by atoms with E-state index in [1.807, 2.05) is 73.5 Å². The smallest absolute Gasteiger partial charge is 0.238 e. The molecule has 0 spiro atoms. The zero-order valence-electron chi connectivity index (χ0n) is 14.1. The molecule has 0 aliphatic carbocycles. The number of para-hydroxylation sites is 1. The molecule has 2 aromatic carbocycles. The number of aryl methyl sites for hydroxylation is 1. The van der Waals surface area contributed by atoms with Crippen molar-refractivity contribution in [2.45, 2.75) is 13.3 Å². The number of likely N-dealkylation sites (N-methyl/N-ethyl adjacent to an activating group) is 1. The summed E-state index contributed by atoms with van der Waals surface area (Å²) in [6.45, 7) is 2.76. The van der Waals surface area contributed by atoms with Gasteiger partial charge in [-0.2, -0.15) is 0 Å². The van der Waals surface area contributed by atoms with Crippen LogP contribution in [0.1, 0.15) is 12.0 Å². The van der Waals surface area contributed by atoms with Crippen LogP contribution in [0, 0.1) is 6.92 Å². The van der Waals surface area contributed by atoms with Crippen molar-refractivity contribution >= 4 is 23.2 Å². The molecule has 0 aliphatic heterocycles. The Kier molecular flexibility index (Phi) is 6.51. The number of nitrogens with zero attached hydrogens (tertiary/aromatic N) is 1. The molecule has 0 saturated heterocycles. The van der Waals surface area contributed by atoms with Gasteiger partial charge in [-0.3, -0.25) is 14.5 Å². The van der Waals surface area contributed by atoms with E-state index in [1.54, 1.807) is 0 Å². The van der Waals surface area contributed by atoms with E-state index < -0.39 is 0 Å². The molecular formula is C19H23N3O2. The second-order valence-corrected chi connectivity index (χ2v) is 5.82. The fourth-order valence-corrected chi connectivity index (χ4v) is 2.20. The first-order valence-electron chi connectivity index (χ1n) is 7.93. The highest BCUT2D eigenvalue weighted by atomic mass is 16.2. The van der Waals surface area contributed by atoms with Gasteiger partial charge in [0.1, 0.15) is 0 Å². The molecule has 2 amide bonds. The van der Waals surface area contributed by atoms with E-state index in [-0.39, 0.29) is 18.4 Å². The Balaban J connectivity index is 1.70. The number of hydrogen-bond donors (Lipinski definition) is 2. The number of anilines is 2. The molecule has 0 aromatic heterocycles. The van der Waals surface area contributed by atoms with Crippen molar-refractivity contribution in [3.8, 4) is 0 Å². The first-order chi connectivity index (χ1) is 11.5. The highest BCUT2D eigenvalue weighted by molar-refractivity contribution is 5.92. The van der Waals surface area contributed by atoms with Crippen molar-refractivity contribution in [1.29, 1.82) is 0 Å². The van der Waals surface area contributed by atoms with Crippen LogP contribution in [-0.4, -0.2) is 36.9 Å². The molecule has 24 heavy (non-hydrogen) atoms. The third-order valence-electron chi connectivity index (χ3n) is 3.53. The first-order valence-corrected chi connectivity index (χ1v) is 7.93. The largest absolute Gasteiger partial charge is 0.326 e. The minimum atomic E-state index is -0.0928. The van der Waals surface area contributed by atoms with Crippen molar-refractivity contribution in [1.82, 2.24) is 4.90 Å². The van der Waals surface area contributed by atoms with Crippen molar-refractivity contribution in [2.75, 3.05) is 30.8 Å². The predicted molar refractivity (Wildman–Crippen MR) is 97.0 cm³/mol. The summed E-state index contributed by atoms with van der Waals surface area (Å²) >= 11 is 0.